The number of carbonyl (C=O) groups excluding carboxylic acids is 3. The van der Waals surface area contributed by atoms with Gasteiger partial charge in [0.25, 0.3) is 5.91 Å². The van der Waals surface area contributed by atoms with Crippen LogP contribution in [0.5, 0.6) is 0 Å². The van der Waals surface area contributed by atoms with E-state index in [0.717, 1.165) is 21.9 Å². The maximum absolute atomic E-state index is 12.9. The fourth-order valence-electron chi connectivity index (χ4n) is 3.47. The van der Waals surface area contributed by atoms with Crippen LogP contribution >= 0.6 is 0 Å². The van der Waals surface area contributed by atoms with Crippen molar-refractivity contribution >= 4 is 17.7 Å². The lowest BCUT2D eigenvalue weighted by molar-refractivity contribution is -0.130. The van der Waals surface area contributed by atoms with Crippen molar-refractivity contribution in [2.75, 3.05) is 6.54 Å². The molecule has 2 aromatic rings. The molecule has 0 bridgehead atoms. The number of rotatable bonds is 6. The van der Waals surface area contributed by atoms with E-state index in [9.17, 15) is 14.4 Å². The number of carbonyl (C=O) groups is 3. The van der Waals surface area contributed by atoms with Crippen LogP contribution in [0.4, 0.5) is 4.79 Å². The number of aromatic nitrogens is 1. The Hall–Kier alpha value is -2.89. The molecule has 1 fully saturated rings. The van der Waals surface area contributed by atoms with Gasteiger partial charge >= 0.3 is 6.03 Å². The van der Waals surface area contributed by atoms with E-state index in [1.807, 2.05) is 55.8 Å². The molecule has 1 atom stereocenters. The highest BCUT2D eigenvalue weighted by Gasteiger charge is 2.47. The summed E-state index contributed by atoms with van der Waals surface area (Å²) in [6.07, 6.45) is 1.15. The summed E-state index contributed by atoms with van der Waals surface area (Å²) in [5.41, 5.74) is 2.45. The van der Waals surface area contributed by atoms with Crippen molar-refractivity contribution in [1.29, 1.82) is 0 Å². The Morgan fingerprint density at radius 3 is 2.41 bits per heavy atom. The molecule has 0 saturated carbocycles. The van der Waals surface area contributed by atoms with E-state index >= 15 is 0 Å². The first kappa shape index (κ1) is 18.9. The number of amides is 3. The molecule has 1 saturated heterocycles. The van der Waals surface area contributed by atoms with E-state index in [4.69, 9.17) is 0 Å². The molecule has 1 aliphatic heterocycles. The van der Waals surface area contributed by atoms with Crippen molar-refractivity contribution in [2.45, 2.75) is 39.2 Å². The molecule has 142 valence electrons. The van der Waals surface area contributed by atoms with Crippen LogP contribution in [0.1, 0.15) is 40.7 Å². The second kappa shape index (κ2) is 7.02. The predicted octanol–water partition coefficient (Wildman–Crippen LogP) is 2.77. The van der Waals surface area contributed by atoms with Crippen molar-refractivity contribution in [3.63, 3.8) is 0 Å². The number of aryl methyl sites for hydroxylation is 2. The highest BCUT2D eigenvalue weighted by Crippen LogP contribution is 2.24. The molecule has 3 amide bonds. The molecule has 6 nitrogen and oxygen atoms in total. The summed E-state index contributed by atoms with van der Waals surface area (Å²) < 4.78 is 1.92. The van der Waals surface area contributed by atoms with E-state index in [1.165, 1.54) is 0 Å². The topological polar surface area (TPSA) is 71.4 Å². The van der Waals surface area contributed by atoms with Gasteiger partial charge in [-0.1, -0.05) is 30.3 Å². The van der Waals surface area contributed by atoms with Gasteiger partial charge in [-0.25, -0.2) is 4.79 Å². The standard InChI is InChI=1S/C21H25N3O3/c1-14-12-17(15(2)23(14)4)18(25)13-24-19(26)21(3,22-20(24)27)11-10-16-8-6-5-7-9-16/h5-9,12H,10-11,13H2,1-4H3,(H,22,27). The van der Waals surface area contributed by atoms with Crippen molar-refractivity contribution in [3.05, 3.63) is 58.9 Å². The van der Waals surface area contributed by atoms with Gasteiger partial charge in [0.2, 0.25) is 0 Å². The number of ketones is 1. The second-order valence-electron chi connectivity index (χ2n) is 7.41. The molecule has 0 aliphatic carbocycles. The van der Waals surface area contributed by atoms with Gasteiger partial charge in [0.1, 0.15) is 5.54 Å². The van der Waals surface area contributed by atoms with Crippen LogP contribution in [-0.2, 0) is 18.3 Å². The van der Waals surface area contributed by atoms with Crippen molar-refractivity contribution in [2.24, 2.45) is 7.05 Å². The molecular weight excluding hydrogens is 342 g/mol. The SMILES string of the molecule is Cc1cc(C(=O)CN2C(=O)NC(C)(CCc3ccccc3)C2=O)c(C)n1C. The van der Waals surface area contributed by atoms with Crippen molar-refractivity contribution in [3.8, 4) is 0 Å². The number of urea groups is 1. The summed E-state index contributed by atoms with van der Waals surface area (Å²) in [5, 5.41) is 2.77. The molecule has 2 heterocycles. The molecular formula is C21H25N3O3. The van der Waals surface area contributed by atoms with Crippen LogP contribution in [0.2, 0.25) is 0 Å². The summed E-state index contributed by atoms with van der Waals surface area (Å²) in [7, 11) is 1.88. The largest absolute Gasteiger partial charge is 0.351 e. The third-order valence-corrected chi connectivity index (χ3v) is 5.48. The summed E-state index contributed by atoms with van der Waals surface area (Å²) in [6.45, 7) is 5.25. The minimum atomic E-state index is -0.991. The first-order valence-corrected chi connectivity index (χ1v) is 9.07. The van der Waals surface area contributed by atoms with E-state index in [1.54, 1.807) is 13.0 Å². The van der Waals surface area contributed by atoms with Crippen LogP contribution in [0.15, 0.2) is 36.4 Å². The molecule has 1 unspecified atom stereocenters. The number of nitrogens with zero attached hydrogens (tertiary/aromatic N) is 2. The molecule has 1 aromatic heterocycles. The fourth-order valence-corrected chi connectivity index (χ4v) is 3.47. The maximum Gasteiger partial charge on any atom is 0.325 e. The van der Waals surface area contributed by atoms with Gasteiger partial charge in [-0.2, -0.15) is 0 Å². The minimum Gasteiger partial charge on any atom is -0.351 e. The average molecular weight is 367 g/mol. The van der Waals surface area contributed by atoms with Crippen LogP contribution < -0.4 is 5.32 Å². The average Bonchev–Trinajstić information content (AvgIpc) is 3.03. The van der Waals surface area contributed by atoms with Gasteiger partial charge in [-0.05, 0) is 45.2 Å². The fraction of sp³-hybridized carbons (Fsp3) is 0.381. The lowest BCUT2D eigenvalue weighted by atomic mass is 9.93. The summed E-state index contributed by atoms with van der Waals surface area (Å²) in [6, 6.07) is 11.1. The second-order valence-corrected chi connectivity index (χ2v) is 7.41. The Kier molecular flexibility index (Phi) is 4.91. The molecule has 1 N–H and O–H groups in total. The summed E-state index contributed by atoms with van der Waals surface area (Å²) in [4.78, 5) is 39.0. The third-order valence-electron chi connectivity index (χ3n) is 5.48. The number of nitrogens with one attached hydrogen (secondary N) is 1. The van der Waals surface area contributed by atoms with Crippen molar-refractivity contribution in [1.82, 2.24) is 14.8 Å². The first-order valence-electron chi connectivity index (χ1n) is 9.07. The number of benzene rings is 1. The van der Waals surface area contributed by atoms with Gasteiger partial charge in [0.15, 0.2) is 5.78 Å². The van der Waals surface area contributed by atoms with Gasteiger partial charge in [0.05, 0.1) is 6.54 Å². The molecule has 3 rings (SSSR count). The quantitative estimate of drug-likeness (QED) is 0.630. The summed E-state index contributed by atoms with van der Waals surface area (Å²) >= 11 is 0. The molecule has 0 radical (unpaired) electrons. The Morgan fingerprint density at radius 2 is 1.81 bits per heavy atom. The predicted molar refractivity (Wildman–Crippen MR) is 103 cm³/mol. The Bertz CT molecular complexity index is 901. The van der Waals surface area contributed by atoms with Gasteiger partial charge in [-0.3, -0.25) is 14.5 Å². The monoisotopic (exact) mass is 367 g/mol. The number of imide groups is 1. The molecule has 0 spiro atoms. The number of hydrogen-bond acceptors (Lipinski definition) is 3. The highest BCUT2D eigenvalue weighted by atomic mass is 16.2. The van der Waals surface area contributed by atoms with Crippen LogP contribution in [0.25, 0.3) is 0 Å². The Labute approximate surface area is 159 Å². The van der Waals surface area contributed by atoms with Gasteiger partial charge in [-0.15, -0.1) is 0 Å². The van der Waals surface area contributed by atoms with E-state index < -0.39 is 11.6 Å². The molecule has 6 heteroatoms. The van der Waals surface area contributed by atoms with E-state index in [-0.39, 0.29) is 18.2 Å². The Morgan fingerprint density at radius 1 is 1.15 bits per heavy atom. The zero-order valence-corrected chi connectivity index (χ0v) is 16.2. The number of Topliss-reactive ketones (excluding diaryl/α,β-unsaturated/α-hetero) is 1. The lowest BCUT2D eigenvalue weighted by Gasteiger charge is -2.21. The zero-order valence-electron chi connectivity index (χ0n) is 16.2. The van der Waals surface area contributed by atoms with Crippen LogP contribution in [-0.4, -0.2) is 39.3 Å². The van der Waals surface area contributed by atoms with Crippen molar-refractivity contribution < 1.29 is 14.4 Å². The summed E-state index contributed by atoms with van der Waals surface area (Å²) in [5.74, 6) is -0.575. The van der Waals surface area contributed by atoms with Crippen LogP contribution in [0, 0.1) is 13.8 Å². The van der Waals surface area contributed by atoms with Gasteiger partial charge in [0, 0.05) is 24.0 Å². The normalized spacial score (nSPS) is 19.5. The molecule has 1 aliphatic rings. The Balaban J connectivity index is 1.71. The number of hydrogen-bond donors (Lipinski definition) is 1. The highest BCUT2D eigenvalue weighted by molar-refractivity contribution is 6.11. The molecule has 1 aromatic carbocycles. The molecule has 27 heavy (non-hydrogen) atoms. The smallest absolute Gasteiger partial charge is 0.325 e. The zero-order chi connectivity index (χ0) is 19.8. The van der Waals surface area contributed by atoms with E-state index in [0.29, 0.717) is 18.4 Å². The maximum atomic E-state index is 12.9. The van der Waals surface area contributed by atoms with Crippen LogP contribution in [0.3, 0.4) is 0 Å². The van der Waals surface area contributed by atoms with E-state index in [2.05, 4.69) is 5.32 Å². The minimum absolute atomic E-state index is 0.230. The third kappa shape index (κ3) is 3.52. The lowest BCUT2D eigenvalue weighted by Crippen LogP contribution is -2.44. The van der Waals surface area contributed by atoms with Gasteiger partial charge < -0.3 is 9.88 Å². The first-order chi connectivity index (χ1) is 12.7.